The van der Waals surface area contributed by atoms with Gasteiger partial charge in [-0.25, -0.2) is 9.37 Å². The van der Waals surface area contributed by atoms with Crippen LogP contribution in [0.4, 0.5) is 4.39 Å². The highest BCUT2D eigenvalue weighted by molar-refractivity contribution is 7.13. The molecule has 0 unspecified atom stereocenters. The van der Waals surface area contributed by atoms with E-state index in [1.165, 1.54) is 23.5 Å². The molecule has 4 rings (SSSR count). The Morgan fingerprint density at radius 3 is 2.32 bits per heavy atom. The number of aromatic hydroxyl groups is 1. The molecule has 0 aliphatic carbocycles. The van der Waals surface area contributed by atoms with Gasteiger partial charge in [0.1, 0.15) is 22.3 Å². The Labute approximate surface area is 185 Å². The first-order valence-corrected chi connectivity index (χ1v) is 10.9. The molecule has 31 heavy (non-hydrogen) atoms. The molecule has 3 nitrogen and oxygen atoms in total. The number of phenolic OH excluding ortho intramolecular Hbond substituents is 1. The maximum absolute atomic E-state index is 13.9. The summed E-state index contributed by atoms with van der Waals surface area (Å²) in [6.45, 7) is 6.43. The molecular weight excluding hydrogens is 409 g/mol. The van der Waals surface area contributed by atoms with Crippen LogP contribution in [0, 0.1) is 5.82 Å². The largest absolute Gasteiger partial charge is 0.507 e. The van der Waals surface area contributed by atoms with Crippen LogP contribution in [0.2, 0.25) is 0 Å². The summed E-state index contributed by atoms with van der Waals surface area (Å²) in [5.41, 5.74) is 4.55. The molecule has 0 saturated heterocycles. The molecule has 158 valence electrons. The van der Waals surface area contributed by atoms with Crippen molar-refractivity contribution in [2.45, 2.75) is 26.2 Å². The van der Waals surface area contributed by atoms with Crippen molar-refractivity contribution in [1.82, 2.24) is 4.98 Å². The molecule has 0 fully saturated rings. The fourth-order valence-electron chi connectivity index (χ4n) is 3.47. The van der Waals surface area contributed by atoms with Crippen LogP contribution in [0.5, 0.6) is 11.5 Å². The number of rotatable bonds is 4. The summed E-state index contributed by atoms with van der Waals surface area (Å²) in [7, 11) is 1.55. The quantitative estimate of drug-likeness (QED) is 0.367. The lowest BCUT2D eigenvalue weighted by molar-refractivity contribution is 0.415. The maximum atomic E-state index is 13.9. The molecule has 0 spiro atoms. The number of thiazole rings is 1. The van der Waals surface area contributed by atoms with Gasteiger partial charge in [-0.2, -0.15) is 0 Å². The normalized spacial score (nSPS) is 11.5. The molecule has 0 aliphatic heterocycles. The summed E-state index contributed by atoms with van der Waals surface area (Å²) in [5, 5.41) is 13.7. The average molecular weight is 434 g/mol. The Bertz CT molecular complexity index is 1230. The molecule has 0 aliphatic rings. The van der Waals surface area contributed by atoms with Crippen molar-refractivity contribution < 1.29 is 14.2 Å². The van der Waals surface area contributed by atoms with Crippen molar-refractivity contribution in [3.63, 3.8) is 0 Å². The van der Waals surface area contributed by atoms with Gasteiger partial charge in [0.25, 0.3) is 0 Å². The Morgan fingerprint density at radius 1 is 0.935 bits per heavy atom. The molecule has 0 amide bonds. The molecule has 0 bridgehead atoms. The highest BCUT2D eigenvalue weighted by Gasteiger charge is 2.22. The molecule has 3 aromatic carbocycles. The lowest BCUT2D eigenvalue weighted by atomic mass is 9.83. The number of hydrogen-bond donors (Lipinski definition) is 1. The first-order valence-electron chi connectivity index (χ1n) is 10.0. The van der Waals surface area contributed by atoms with Crippen molar-refractivity contribution in [2.75, 3.05) is 7.11 Å². The van der Waals surface area contributed by atoms with Crippen LogP contribution >= 0.6 is 11.3 Å². The number of benzene rings is 3. The van der Waals surface area contributed by atoms with Crippen molar-refractivity contribution >= 4 is 11.3 Å². The van der Waals surface area contributed by atoms with E-state index in [1.807, 2.05) is 47.8 Å². The van der Waals surface area contributed by atoms with E-state index in [9.17, 15) is 9.50 Å². The lowest BCUT2D eigenvalue weighted by Gasteiger charge is -2.22. The van der Waals surface area contributed by atoms with Crippen LogP contribution in [0.3, 0.4) is 0 Å². The van der Waals surface area contributed by atoms with E-state index in [0.717, 1.165) is 16.7 Å². The number of nitrogens with zero attached hydrogens (tertiary/aromatic N) is 1. The van der Waals surface area contributed by atoms with Gasteiger partial charge in [0, 0.05) is 16.5 Å². The Kier molecular flexibility index (Phi) is 5.54. The van der Waals surface area contributed by atoms with E-state index in [4.69, 9.17) is 9.72 Å². The summed E-state index contributed by atoms with van der Waals surface area (Å²) in [4.78, 5) is 4.73. The highest BCUT2D eigenvalue weighted by Crippen LogP contribution is 2.44. The van der Waals surface area contributed by atoms with Crippen LogP contribution in [0.25, 0.3) is 33.0 Å². The Morgan fingerprint density at radius 2 is 1.65 bits per heavy atom. The van der Waals surface area contributed by atoms with Crippen molar-refractivity contribution in [3.05, 3.63) is 77.4 Å². The Hall–Kier alpha value is -3.18. The van der Waals surface area contributed by atoms with Gasteiger partial charge in [-0.05, 0) is 46.9 Å². The van der Waals surface area contributed by atoms with Crippen LogP contribution in [0.1, 0.15) is 26.3 Å². The zero-order valence-corrected chi connectivity index (χ0v) is 18.8. The third-order valence-corrected chi connectivity index (χ3v) is 6.11. The van der Waals surface area contributed by atoms with E-state index < -0.39 is 0 Å². The average Bonchev–Trinajstić information content (AvgIpc) is 3.23. The molecule has 0 radical (unpaired) electrons. The Balaban J connectivity index is 1.89. The standard InChI is InChI=1S/C26H24FNO2S/c1-26(2,3)17-12-19(16-8-6-5-7-9-16)24(29)21(13-17)25-28-22(15-31-25)20-14-18(27)10-11-23(20)30-4/h5-15,29H,1-4H3. The van der Waals surface area contributed by atoms with Gasteiger partial charge in [0.2, 0.25) is 0 Å². The number of halogens is 1. The van der Waals surface area contributed by atoms with Gasteiger partial charge < -0.3 is 9.84 Å². The van der Waals surface area contributed by atoms with Gasteiger partial charge in [-0.1, -0.05) is 51.1 Å². The van der Waals surface area contributed by atoms with Crippen molar-refractivity contribution in [1.29, 1.82) is 0 Å². The van der Waals surface area contributed by atoms with Crippen LogP contribution < -0.4 is 4.74 Å². The maximum Gasteiger partial charge on any atom is 0.133 e. The summed E-state index contributed by atoms with van der Waals surface area (Å²) < 4.78 is 19.3. The molecule has 1 N–H and O–H groups in total. The van der Waals surface area contributed by atoms with Crippen LogP contribution in [0.15, 0.2) is 66.0 Å². The zero-order chi connectivity index (χ0) is 22.2. The van der Waals surface area contributed by atoms with Crippen molar-refractivity contribution in [3.8, 4) is 44.5 Å². The minimum atomic E-state index is -0.353. The number of phenols is 1. The molecular formula is C26H24FNO2S. The molecule has 0 atom stereocenters. The molecule has 0 saturated carbocycles. The summed E-state index contributed by atoms with van der Waals surface area (Å²) in [5.74, 6) is 0.386. The minimum absolute atomic E-state index is 0.113. The van der Waals surface area contributed by atoms with Gasteiger partial charge in [0.15, 0.2) is 0 Å². The minimum Gasteiger partial charge on any atom is -0.507 e. The highest BCUT2D eigenvalue weighted by atomic mass is 32.1. The first kappa shape index (κ1) is 21.1. The number of ether oxygens (including phenoxy) is 1. The molecule has 1 aromatic heterocycles. The smallest absolute Gasteiger partial charge is 0.133 e. The van der Waals surface area contributed by atoms with Gasteiger partial charge >= 0.3 is 0 Å². The zero-order valence-electron chi connectivity index (χ0n) is 17.9. The van der Waals surface area contributed by atoms with Crippen LogP contribution in [-0.2, 0) is 5.41 Å². The van der Waals surface area contributed by atoms with Gasteiger partial charge in [-0.3, -0.25) is 0 Å². The van der Waals surface area contributed by atoms with E-state index in [2.05, 4.69) is 20.8 Å². The number of hydrogen-bond acceptors (Lipinski definition) is 4. The van der Waals surface area contributed by atoms with E-state index in [0.29, 0.717) is 27.6 Å². The van der Waals surface area contributed by atoms with Crippen LogP contribution in [-0.4, -0.2) is 17.2 Å². The predicted molar refractivity (Wildman–Crippen MR) is 125 cm³/mol. The number of methoxy groups -OCH3 is 1. The fourth-order valence-corrected chi connectivity index (χ4v) is 4.31. The first-order chi connectivity index (χ1) is 14.8. The predicted octanol–water partition coefficient (Wildman–Crippen LogP) is 7.29. The molecule has 5 heteroatoms. The monoisotopic (exact) mass is 433 g/mol. The second-order valence-electron chi connectivity index (χ2n) is 8.42. The second-order valence-corrected chi connectivity index (χ2v) is 9.28. The molecule has 4 aromatic rings. The van der Waals surface area contributed by atoms with E-state index in [-0.39, 0.29) is 17.0 Å². The van der Waals surface area contributed by atoms with Gasteiger partial charge in [0.05, 0.1) is 18.4 Å². The molecule has 1 heterocycles. The van der Waals surface area contributed by atoms with Gasteiger partial charge in [-0.15, -0.1) is 11.3 Å². The van der Waals surface area contributed by atoms with Crippen molar-refractivity contribution in [2.24, 2.45) is 0 Å². The number of aromatic nitrogens is 1. The summed E-state index contributed by atoms with van der Waals surface area (Å²) in [6.07, 6.45) is 0. The van der Waals surface area contributed by atoms with E-state index >= 15 is 0 Å². The summed E-state index contributed by atoms with van der Waals surface area (Å²) in [6, 6.07) is 18.2. The third-order valence-electron chi connectivity index (χ3n) is 5.23. The summed E-state index contributed by atoms with van der Waals surface area (Å²) >= 11 is 1.41. The topological polar surface area (TPSA) is 42.4 Å². The second kappa shape index (κ2) is 8.16. The third kappa shape index (κ3) is 4.19. The van der Waals surface area contributed by atoms with E-state index in [1.54, 1.807) is 13.2 Å². The lowest BCUT2D eigenvalue weighted by Crippen LogP contribution is -2.11. The fraction of sp³-hybridized carbons (Fsp3) is 0.192. The SMILES string of the molecule is COc1ccc(F)cc1-c1csc(-c2cc(C(C)(C)C)cc(-c3ccccc3)c2O)n1.